The highest BCUT2D eigenvalue weighted by molar-refractivity contribution is 7.98. The van der Waals surface area contributed by atoms with Crippen molar-refractivity contribution in [2.24, 2.45) is 0 Å². The Hall–Kier alpha value is -0.500. The molecule has 0 unspecified atom stereocenters. The molecule has 54 valence electrons. The predicted molar refractivity (Wildman–Crippen MR) is 43.0 cm³/mol. The van der Waals surface area contributed by atoms with Gasteiger partial charge in [-0.3, -0.25) is 0 Å². The summed E-state index contributed by atoms with van der Waals surface area (Å²) in [5.74, 6) is 0. The number of thioether (sulfide) groups is 1. The number of hydrogen-bond acceptors (Lipinski definition) is 1. The molecule has 0 spiro atoms. The molecule has 0 saturated carbocycles. The molecule has 0 nitrogen and oxygen atoms in total. The summed E-state index contributed by atoms with van der Waals surface area (Å²) in [4.78, 5) is 1.12. The first-order valence-corrected chi connectivity index (χ1v) is 4.28. The lowest BCUT2D eigenvalue weighted by Gasteiger charge is -1.96. The Morgan fingerprint density at radius 2 is 2.30 bits per heavy atom. The van der Waals surface area contributed by atoms with Crippen molar-refractivity contribution >= 4 is 11.8 Å². The van der Waals surface area contributed by atoms with Crippen molar-refractivity contribution in [1.29, 1.82) is 0 Å². The lowest BCUT2D eigenvalue weighted by atomic mass is 10.2. The summed E-state index contributed by atoms with van der Waals surface area (Å²) in [5, 5.41) is 0. The van der Waals surface area contributed by atoms with E-state index in [1.165, 1.54) is 0 Å². The third-order valence-electron chi connectivity index (χ3n) is 1.29. The van der Waals surface area contributed by atoms with E-state index in [1.54, 1.807) is 17.8 Å². The molecule has 1 aromatic rings. The standard InChI is InChI=1S/C8H9FS/c1-10-8-4-2-3-7(5-8)6-9/h2-5H,6H2,1H3. The largest absolute Gasteiger partial charge is 0.246 e. The Bertz CT molecular complexity index is 191. The lowest BCUT2D eigenvalue weighted by molar-refractivity contribution is 0.484. The molecule has 0 aliphatic carbocycles. The first-order valence-electron chi connectivity index (χ1n) is 3.05. The van der Waals surface area contributed by atoms with Gasteiger partial charge in [-0.15, -0.1) is 11.8 Å². The molecule has 0 aliphatic rings. The van der Waals surface area contributed by atoms with Crippen LogP contribution in [-0.4, -0.2) is 6.26 Å². The van der Waals surface area contributed by atoms with Crippen molar-refractivity contribution in [3.05, 3.63) is 29.8 Å². The average molecular weight is 156 g/mol. The van der Waals surface area contributed by atoms with Crippen LogP contribution >= 0.6 is 11.8 Å². The second kappa shape index (κ2) is 3.62. The van der Waals surface area contributed by atoms with Crippen molar-refractivity contribution in [1.82, 2.24) is 0 Å². The molecule has 2 heteroatoms. The molecule has 0 radical (unpaired) electrons. The van der Waals surface area contributed by atoms with Gasteiger partial charge in [-0.25, -0.2) is 4.39 Å². The topological polar surface area (TPSA) is 0 Å². The third-order valence-corrected chi connectivity index (χ3v) is 2.01. The number of halogens is 1. The summed E-state index contributed by atoms with van der Waals surface area (Å²) < 4.78 is 12.0. The number of rotatable bonds is 2. The molecule has 0 aromatic heterocycles. The van der Waals surface area contributed by atoms with Crippen LogP contribution in [0.2, 0.25) is 0 Å². The Kier molecular flexibility index (Phi) is 2.75. The van der Waals surface area contributed by atoms with Gasteiger partial charge in [0.1, 0.15) is 6.67 Å². The summed E-state index contributed by atoms with van der Waals surface area (Å²) in [6, 6.07) is 7.51. The van der Waals surface area contributed by atoms with Gasteiger partial charge in [-0.05, 0) is 24.0 Å². The molecule has 1 aromatic carbocycles. The monoisotopic (exact) mass is 156 g/mol. The van der Waals surface area contributed by atoms with Crippen LogP contribution in [0.3, 0.4) is 0 Å². The molecule has 0 saturated heterocycles. The average Bonchev–Trinajstić information content (AvgIpc) is 2.05. The maximum Gasteiger partial charge on any atom is 0.115 e. The van der Waals surface area contributed by atoms with Gasteiger partial charge in [0.05, 0.1) is 0 Å². The molecule has 0 bridgehead atoms. The zero-order valence-electron chi connectivity index (χ0n) is 5.80. The van der Waals surface area contributed by atoms with Crippen LogP contribution in [0.1, 0.15) is 5.56 Å². The van der Waals surface area contributed by atoms with E-state index < -0.39 is 0 Å². The van der Waals surface area contributed by atoms with Crippen LogP contribution in [0, 0.1) is 0 Å². The first-order chi connectivity index (χ1) is 4.86. The molecule has 10 heavy (non-hydrogen) atoms. The van der Waals surface area contributed by atoms with Crippen molar-refractivity contribution < 1.29 is 4.39 Å². The van der Waals surface area contributed by atoms with Crippen LogP contribution in [0.25, 0.3) is 0 Å². The normalized spacial score (nSPS) is 9.80. The highest BCUT2D eigenvalue weighted by Crippen LogP contribution is 2.15. The van der Waals surface area contributed by atoms with E-state index in [4.69, 9.17) is 0 Å². The maximum absolute atomic E-state index is 12.0. The van der Waals surface area contributed by atoms with Gasteiger partial charge in [-0.1, -0.05) is 12.1 Å². The highest BCUT2D eigenvalue weighted by Gasteiger charge is 1.91. The zero-order valence-corrected chi connectivity index (χ0v) is 6.62. The molecule has 1 rings (SSSR count). The molecule has 0 N–H and O–H groups in total. The second-order valence-electron chi connectivity index (χ2n) is 1.99. The number of alkyl halides is 1. The maximum atomic E-state index is 12.0. The molecule has 0 atom stereocenters. The van der Waals surface area contributed by atoms with E-state index in [9.17, 15) is 4.39 Å². The van der Waals surface area contributed by atoms with E-state index >= 15 is 0 Å². The predicted octanol–water partition coefficient (Wildman–Crippen LogP) is 2.88. The molecular weight excluding hydrogens is 147 g/mol. The van der Waals surface area contributed by atoms with Gasteiger partial charge in [0.2, 0.25) is 0 Å². The van der Waals surface area contributed by atoms with E-state index in [0.717, 1.165) is 10.5 Å². The van der Waals surface area contributed by atoms with Gasteiger partial charge in [0, 0.05) is 4.90 Å². The van der Waals surface area contributed by atoms with E-state index in [0.29, 0.717) is 0 Å². The summed E-state index contributed by atoms with van der Waals surface area (Å²) >= 11 is 1.63. The van der Waals surface area contributed by atoms with Crippen LogP contribution in [-0.2, 0) is 6.67 Å². The van der Waals surface area contributed by atoms with Gasteiger partial charge in [0.15, 0.2) is 0 Å². The highest BCUT2D eigenvalue weighted by atomic mass is 32.2. The fraction of sp³-hybridized carbons (Fsp3) is 0.250. The van der Waals surface area contributed by atoms with E-state index in [-0.39, 0.29) is 6.67 Å². The minimum Gasteiger partial charge on any atom is -0.246 e. The third kappa shape index (κ3) is 1.74. The number of hydrogen-bond donors (Lipinski definition) is 0. The molecule has 0 fully saturated rings. The second-order valence-corrected chi connectivity index (χ2v) is 2.86. The van der Waals surface area contributed by atoms with Gasteiger partial charge in [0.25, 0.3) is 0 Å². The summed E-state index contributed by atoms with van der Waals surface area (Å²) in [7, 11) is 0. The molecule has 0 heterocycles. The van der Waals surface area contributed by atoms with Crippen molar-refractivity contribution in [2.75, 3.05) is 6.26 Å². The Morgan fingerprint density at radius 1 is 1.50 bits per heavy atom. The van der Waals surface area contributed by atoms with Gasteiger partial charge < -0.3 is 0 Å². The van der Waals surface area contributed by atoms with Crippen LogP contribution in [0.15, 0.2) is 29.2 Å². The minimum absolute atomic E-state index is 0.367. The fourth-order valence-corrected chi connectivity index (χ4v) is 1.24. The molecule has 0 aliphatic heterocycles. The summed E-state index contributed by atoms with van der Waals surface area (Å²) in [6.07, 6.45) is 1.98. The van der Waals surface area contributed by atoms with Gasteiger partial charge >= 0.3 is 0 Å². The van der Waals surface area contributed by atoms with Gasteiger partial charge in [-0.2, -0.15) is 0 Å². The van der Waals surface area contributed by atoms with E-state index in [1.807, 2.05) is 24.5 Å². The lowest BCUT2D eigenvalue weighted by Crippen LogP contribution is -1.77. The minimum atomic E-state index is -0.367. The van der Waals surface area contributed by atoms with Crippen LogP contribution in [0.4, 0.5) is 4.39 Å². The Labute approximate surface area is 64.4 Å². The SMILES string of the molecule is CSc1cccc(CF)c1. The van der Waals surface area contributed by atoms with E-state index in [2.05, 4.69) is 0 Å². The molecule has 0 amide bonds. The van der Waals surface area contributed by atoms with Crippen LogP contribution in [0.5, 0.6) is 0 Å². The Balaban J connectivity index is 2.87. The fourth-order valence-electron chi connectivity index (χ4n) is 0.756. The zero-order chi connectivity index (χ0) is 7.40. The van der Waals surface area contributed by atoms with Crippen molar-refractivity contribution in [3.63, 3.8) is 0 Å². The Morgan fingerprint density at radius 3 is 2.90 bits per heavy atom. The smallest absolute Gasteiger partial charge is 0.115 e. The van der Waals surface area contributed by atoms with Crippen molar-refractivity contribution in [2.45, 2.75) is 11.6 Å². The summed E-state index contributed by atoms with van der Waals surface area (Å²) in [6.45, 7) is -0.367. The van der Waals surface area contributed by atoms with Crippen LogP contribution < -0.4 is 0 Å². The molecular formula is C8H9FS. The first kappa shape index (κ1) is 7.61. The number of benzene rings is 1. The summed E-state index contributed by atoms with van der Waals surface area (Å²) in [5.41, 5.74) is 0.756. The van der Waals surface area contributed by atoms with Crippen molar-refractivity contribution in [3.8, 4) is 0 Å². The quantitative estimate of drug-likeness (QED) is 0.593.